The van der Waals surface area contributed by atoms with Crippen molar-refractivity contribution >= 4 is 12.0 Å². The molecule has 0 saturated heterocycles. The molecule has 21 heavy (non-hydrogen) atoms. The number of nitrogens with one attached hydrogen (secondary N) is 2. The van der Waals surface area contributed by atoms with Crippen molar-refractivity contribution in [1.29, 1.82) is 0 Å². The van der Waals surface area contributed by atoms with Crippen LogP contribution in [-0.4, -0.2) is 29.7 Å². The van der Waals surface area contributed by atoms with Gasteiger partial charge in [0.2, 0.25) is 0 Å². The Morgan fingerprint density at radius 2 is 1.86 bits per heavy atom. The third-order valence-corrected chi connectivity index (χ3v) is 3.13. The van der Waals surface area contributed by atoms with Gasteiger partial charge in [0.1, 0.15) is 6.04 Å². The van der Waals surface area contributed by atoms with Crippen molar-refractivity contribution in [2.75, 3.05) is 6.54 Å². The van der Waals surface area contributed by atoms with Crippen LogP contribution < -0.4 is 10.6 Å². The van der Waals surface area contributed by atoms with Gasteiger partial charge in [0, 0.05) is 13.0 Å². The number of aliphatic carboxylic acids is 1. The highest BCUT2D eigenvalue weighted by Gasteiger charge is 2.19. The van der Waals surface area contributed by atoms with E-state index in [2.05, 4.69) is 24.5 Å². The van der Waals surface area contributed by atoms with E-state index in [1.807, 2.05) is 30.3 Å². The number of carbonyl (C=O) groups is 2. The van der Waals surface area contributed by atoms with Crippen molar-refractivity contribution in [2.24, 2.45) is 5.92 Å². The number of hydrogen-bond acceptors (Lipinski definition) is 2. The van der Waals surface area contributed by atoms with E-state index < -0.39 is 18.0 Å². The second-order valence-corrected chi connectivity index (χ2v) is 5.52. The molecule has 0 aliphatic rings. The molecule has 1 aromatic rings. The maximum atomic E-state index is 11.7. The highest BCUT2D eigenvalue weighted by molar-refractivity contribution is 5.82. The van der Waals surface area contributed by atoms with Crippen LogP contribution in [-0.2, 0) is 11.2 Å². The summed E-state index contributed by atoms with van der Waals surface area (Å²) in [5.74, 6) is -0.434. The highest BCUT2D eigenvalue weighted by Crippen LogP contribution is 2.04. The van der Waals surface area contributed by atoms with Crippen molar-refractivity contribution in [3.8, 4) is 0 Å². The molecular formula is C16H24N2O3. The Morgan fingerprint density at radius 1 is 1.19 bits per heavy atom. The Kier molecular flexibility index (Phi) is 7.29. The zero-order chi connectivity index (χ0) is 15.7. The molecule has 1 aromatic carbocycles. The van der Waals surface area contributed by atoms with Crippen LogP contribution in [0.15, 0.2) is 30.3 Å². The first-order valence-electron chi connectivity index (χ1n) is 7.30. The fourth-order valence-electron chi connectivity index (χ4n) is 1.97. The molecule has 1 rings (SSSR count). The third kappa shape index (κ3) is 7.34. The Hall–Kier alpha value is -2.04. The first-order chi connectivity index (χ1) is 9.99. The van der Waals surface area contributed by atoms with Gasteiger partial charge in [-0.25, -0.2) is 9.59 Å². The smallest absolute Gasteiger partial charge is 0.326 e. The largest absolute Gasteiger partial charge is 0.480 e. The maximum absolute atomic E-state index is 11.7. The van der Waals surface area contributed by atoms with Crippen molar-refractivity contribution in [1.82, 2.24) is 10.6 Å². The minimum absolute atomic E-state index is 0.273. The summed E-state index contributed by atoms with van der Waals surface area (Å²) in [6.45, 7) is 4.81. The van der Waals surface area contributed by atoms with E-state index in [0.717, 1.165) is 18.4 Å². The quantitative estimate of drug-likeness (QED) is 0.644. The SMILES string of the molecule is CC(C)CCCNC(=O)NC(Cc1ccccc1)C(=O)O. The van der Waals surface area contributed by atoms with E-state index in [-0.39, 0.29) is 6.42 Å². The Balaban J connectivity index is 2.40. The Morgan fingerprint density at radius 3 is 2.43 bits per heavy atom. The molecule has 0 heterocycles. The van der Waals surface area contributed by atoms with Gasteiger partial charge >= 0.3 is 12.0 Å². The molecule has 1 atom stereocenters. The average Bonchev–Trinajstić information content (AvgIpc) is 2.44. The number of amides is 2. The van der Waals surface area contributed by atoms with Gasteiger partial charge in [-0.15, -0.1) is 0 Å². The fourth-order valence-corrected chi connectivity index (χ4v) is 1.97. The van der Waals surface area contributed by atoms with Gasteiger partial charge < -0.3 is 15.7 Å². The molecule has 2 amide bonds. The number of benzene rings is 1. The molecule has 5 heteroatoms. The standard InChI is InChI=1S/C16H24N2O3/c1-12(2)7-6-10-17-16(21)18-14(15(19)20)11-13-8-4-3-5-9-13/h3-5,8-9,12,14H,6-7,10-11H2,1-2H3,(H,19,20)(H2,17,18,21). The molecule has 116 valence electrons. The van der Waals surface area contributed by atoms with Crippen LogP contribution in [0.3, 0.4) is 0 Å². The van der Waals surface area contributed by atoms with Crippen LogP contribution >= 0.6 is 0 Å². The molecule has 0 aromatic heterocycles. The minimum atomic E-state index is -1.03. The Bertz CT molecular complexity index is 446. The monoisotopic (exact) mass is 292 g/mol. The van der Waals surface area contributed by atoms with E-state index >= 15 is 0 Å². The van der Waals surface area contributed by atoms with Crippen LogP contribution in [0.2, 0.25) is 0 Å². The predicted molar refractivity (Wildman–Crippen MR) is 82.2 cm³/mol. The summed E-state index contributed by atoms with van der Waals surface area (Å²) in [6, 6.07) is 7.91. The first-order valence-corrected chi connectivity index (χ1v) is 7.30. The number of carboxylic acid groups (broad SMARTS) is 1. The molecule has 0 saturated carbocycles. The summed E-state index contributed by atoms with van der Waals surface area (Å²) in [7, 11) is 0. The van der Waals surface area contributed by atoms with Gasteiger partial charge in [-0.3, -0.25) is 0 Å². The summed E-state index contributed by atoms with van der Waals surface area (Å²) < 4.78 is 0. The van der Waals surface area contributed by atoms with Crippen molar-refractivity contribution in [3.05, 3.63) is 35.9 Å². The van der Waals surface area contributed by atoms with Crippen LogP contribution in [0.1, 0.15) is 32.3 Å². The molecule has 0 aliphatic heterocycles. The van der Waals surface area contributed by atoms with Gasteiger partial charge in [0.15, 0.2) is 0 Å². The van der Waals surface area contributed by atoms with Gasteiger partial charge in [0.25, 0.3) is 0 Å². The number of carbonyl (C=O) groups excluding carboxylic acids is 1. The topological polar surface area (TPSA) is 78.4 Å². The summed E-state index contributed by atoms with van der Waals surface area (Å²) >= 11 is 0. The lowest BCUT2D eigenvalue weighted by atomic mass is 10.1. The van der Waals surface area contributed by atoms with E-state index in [1.165, 1.54) is 0 Å². The Labute approximate surface area is 125 Å². The van der Waals surface area contributed by atoms with Crippen molar-refractivity contribution in [2.45, 2.75) is 39.2 Å². The van der Waals surface area contributed by atoms with Gasteiger partial charge in [-0.05, 0) is 24.3 Å². The molecular weight excluding hydrogens is 268 g/mol. The van der Waals surface area contributed by atoms with Crippen LogP contribution in [0.25, 0.3) is 0 Å². The van der Waals surface area contributed by atoms with E-state index in [1.54, 1.807) is 0 Å². The molecule has 0 radical (unpaired) electrons. The lowest BCUT2D eigenvalue weighted by Crippen LogP contribution is -2.47. The van der Waals surface area contributed by atoms with Gasteiger partial charge in [-0.1, -0.05) is 44.2 Å². The van der Waals surface area contributed by atoms with Crippen molar-refractivity contribution in [3.63, 3.8) is 0 Å². The normalized spacial score (nSPS) is 12.0. The lowest BCUT2D eigenvalue weighted by Gasteiger charge is -2.15. The van der Waals surface area contributed by atoms with Crippen LogP contribution in [0.5, 0.6) is 0 Å². The van der Waals surface area contributed by atoms with E-state index in [4.69, 9.17) is 0 Å². The first kappa shape index (κ1) is 17.0. The number of carboxylic acids is 1. The number of hydrogen-bond donors (Lipinski definition) is 3. The van der Waals surface area contributed by atoms with Gasteiger partial charge in [0.05, 0.1) is 0 Å². The van der Waals surface area contributed by atoms with E-state index in [0.29, 0.717) is 12.5 Å². The summed E-state index contributed by atoms with van der Waals surface area (Å²) in [5, 5.41) is 14.4. The predicted octanol–water partition coefficient (Wildman–Crippen LogP) is 2.42. The third-order valence-electron chi connectivity index (χ3n) is 3.13. The number of rotatable bonds is 8. The van der Waals surface area contributed by atoms with Gasteiger partial charge in [-0.2, -0.15) is 0 Å². The molecule has 0 aliphatic carbocycles. The van der Waals surface area contributed by atoms with E-state index in [9.17, 15) is 14.7 Å². The zero-order valence-corrected chi connectivity index (χ0v) is 12.6. The fraction of sp³-hybridized carbons (Fsp3) is 0.500. The maximum Gasteiger partial charge on any atom is 0.326 e. The molecule has 5 nitrogen and oxygen atoms in total. The van der Waals surface area contributed by atoms with Crippen LogP contribution in [0, 0.1) is 5.92 Å². The second kappa shape index (κ2) is 9.00. The molecule has 0 bridgehead atoms. The molecule has 3 N–H and O–H groups in total. The molecule has 0 fully saturated rings. The average molecular weight is 292 g/mol. The molecule has 1 unspecified atom stereocenters. The van der Waals surface area contributed by atoms with Crippen molar-refractivity contribution < 1.29 is 14.7 Å². The summed E-state index contributed by atoms with van der Waals surface area (Å²) in [4.78, 5) is 22.9. The van der Waals surface area contributed by atoms with Crippen LogP contribution in [0.4, 0.5) is 4.79 Å². The zero-order valence-electron chi connectivity index (χ0n) is 12.6. The highest BCUT2D eigenvalue weighted by atomic mass is 16.4. The molecule has 0 spiro atoms. The lowest BCUT2D eigenvalue weighted by molar-refractivity contribution is -0.139. The minimum Gasteiger partial charge on any atom is -0.480 e. The summed E-state index contributed by atoms with van der Waals surface area (Å²) in [5.41, 5.74) is 0.880. The second-order valence-electron chi connectivity index (χ2n) is 5.52. The number of urea groups is 1. The summed E-state index contributed by atoms with van der Waals surface area (Å²) in [6.07, 6.45) is 2.20.